The van der Waals surface area contributed by atoms with Gasteiger partial charge in [0.05, 0.1) is 6.67 Å². The first-order valence-corrected chi connectivity index (χ1v) is 3.63. The molecule has 0 aromatic heterocycles. The van der Waals surface area contributed by atoms with Crippen LogP contribution >= 0.6 is 0 Å². The Labute approximate surface area is 47.6 Å². The molecule has 1 saturated heterocycles. The van der Waals surface area contributed by atoms with E-state index in [0.717, 1.165) is 0 Å². The molecular formula is C3H7FO3S. The van der Waals surface area contributed by atoms with Gasteiger partial charge < -0.3 is 0 Å². The number of alkyl halides is 1. The van der Waals surface area contributed by atoms with E-state index in [-0.39, 0.29) is 12.6 Å². The molecular weight excluding hydrogens is 135 g/mol. The zero-order valence-electron chi connectivity index (χ0n) is 4.43. The number of rotatable bonds is 0. The summed E-state index contributed by atoms with van der Waals surface area (Å²) in [7, 11) is -2.92. The van der Waals surface area contributed by atoms with E-state index in [2.05, 4.69) is 4.18 Å². The molecule has 0 atom stereocenters. The molecule has 1 aliphatic heterocycles. The van der Waals surface area contributed by atoms with Gasteiger partial charge in [0, 0.05) is 0 Å². The van der Waals surface area contributed by atoms with Gasteiger partial charge in [0.2, 0.25) is 0 Å². The summed E-state index contributed by atoms with van der Waals surface area (Å²) in [5.41, 5.74) is 0. The molecule has 1 rings (SSSR count). The van der Waals surface area contributed by atoms with Crippen molar-refractivity contribution in [1.82, 2.24) is 0 Å². The van der Waals surface area contributed by atoms with Crippen molar-refractivity contribution < 1.29 is 17.0 Å². The lowest BCUT2D eigenvalue weighted by atomic mass is 10.9. The molecule has 0 bridgehead atoms. The standard InChI is InChI=1S/C2H5F.CH2O3S/c1-2-3;2-5(3)1-4-5/h2H2,1H3;1H2. The van der Waals surface area contributed by atoms with Gasteiger partial charge in [0.25, 0.3) is 10.1 Å². The van der Waals surface area contributed by atoms with Crippen molar-refractivity contribution >= 4 is 10.1 Å². The molecule has 1 heterocycles. The van der Waals surface area contributed by atoms with Crippen LogP contribution in [0.4, 0.5) is 4.39 Å². The molecule has 5 heteroatoms. The third-order valence-electron chi connectivity index (χ3n) is 0.310. The minimum Gasteiger partial charge on any atom is -0.251 e. The van der Waals surface area contributed by atoms with Crippen molar-refractivity contribution in [2.75, 3.05) is 12.6 Å². The SMILES string of the molecule is CCF.O=S1(=O)CO1. The van der Waals surface area contributed by atoms with Gasteiger partial charge in [-0.05, 0) is 6.92 Å². The highest BCUT2D eigenvalue weighted by Gasteiger charge is 2.27. The lowest BCUT2D eigenvalue weighted by molar-refractivity contribution is 0.519. The third-order valence-corrected chi connectivity index (χ3v) is 0.931. The van der Waals surface area contributed by atoms with Gasteiger partial charge in [-0.2, -0.15) is 8.42 Å². The average Bonchev–Trinajstić information content (AvgIpc) is 2.22. The minimum absolute atomic E-state index is 0.0764. The molecule has 3 nitrogen and oxygen atoms in total. The van der Waals surface area contributed by atoms with Crippen molar-refractivity contribution in [2.24, 2.45) is 0 Å². The van der Waals surface area contributed by atoms with Crippen molar-refractivity contribution in [1.29, 1.82) is 0 Å². The lowest BCUT2D eigenvalue weighted by Gasteiger charge is -1.45. The van der Waals surface area contributed by atoms with Crippen LogP contribution in [0.25, 0.3) is 0 Å². The van der Waals surface area contributed by atoms with Gasteiger partial charge in [0.1, 0.15) is 0 Å². The van der Waals surface area contributed by atoms with Crippen molar-refractivity contribution in [3.63, 3.8) is 0 Å². The van der Waals surface area contributed by atoms with E-state index >= 15 is 0 Å². The third kappa shape index (κ3) is 5.84. The van der Waals surface area contributed by atoms with E-state index in [0.29, 0.717) is 0 Å². The maximum absolute atomic E-state index is 10.3. The van der Waals surface area contributed by atoms with Crippen LogP contribution in [0.15, 0.2) is 0 Å². The van der Waals surface area contributed by atoms with Crippen LogP contribution in [0.2, 0.25) is 0 Å². The Morgan fingerprint density at radius 2 is 1.88 bits per heavy atom. The smallest absolute Gasteiger partial charge is 0.251 e. The molecule has 1 fully saturated rings. The molecule has 0 amide bonds. The largest absolute Gasteiger partial charge is 0.294 e. The maximum Gasteiger partial charge on any atom is 0.294 e. The summed E-state index contributed by atoms with van der Waals surface area (Å²) in [5.74, 6) is -0.0764. The summed E-state index contributed by atoms with van der Waals surface area (Å²) < 4.78 is 33.2. The van der Waals surface area contributed by atoms with Gasteiger partial charge in [-0.15, -0.1) is 0 Å². The fourth-order valence-corrected chi connectivity index (χ4v) is 0.354. The first kappa shape index (κ1) is 7.84. The fourth-order valence-electron chi connectivity index (χ4n) is 0.0393. The summed E-state index contributed by atoms with van der Waals surface area (Å²) in [6.07, 6.45) is 0. The molecule has 1 aliphatic rings. The van der Waals surface area contributed by atoms with Crippen LogP contribution in [0.1, 0.15) is 6.92 Å². The Kier molecular flexibility index (Phi) is 2.93. The topological polar surface area (TPSA) is 46.7 Å². The van der Waals surface area contributed by atoms with Gasteiger partial charge in [-0.25, -0.2) is 4.18 Å². The molecule has 0 aromatic carbocycles. The first-order chi connectivity index (χ1) is 3.62. The predicted octanol–water partition coefficient (Wildman–Crippen LogP) is 0.280. The van der Waals surface area contributed by atoms with E-state index in [1.807, 2.05) is 0 Å². The summed E-state index contributed by atoms with van der Waals surface area (Å²) in [4.78, 5) is 0. The fraction of sp³-hybridized carbons (Fsp3) is 1.00. The summed E-state index contributed by atoms with van der Waals surface area (Å²) in [6.45, 7) is 1.21. The Morgan fingerprint density at radius 1 is 1.75 bits per heavy atom. The number of halogens is 1. The molecule has 0 aliphatic carbocycles. The van der Waals surface area contributed by atoms with Crippen LogP contribution < -0.4 is 0 Å². The predicted molar refractivity (Wildman–Crippen MR) is 26.5 cm³/mol. The average molecular weight is 142 g/mol. The Balaban J connectivity index is 0.000000145. The Bertz CT molecular complexity index is 129. The molecule has 0 aromatic rings. The molecule has 0 spiro atoms. The zero-order chi connectivity index (χ0) is 6.62. The van der Waals surface area contributed by atoms with Gasteiger partial charge >= 0.3 is 0 Å². The van der Waals surface area contributed by atoms with Gasteiger partial charge in [0.15, 0.2) is 5.94 Å². The second kappa shape index (κ2) is 2.99. The van der Waals surface area contributed by atoms with Crippen LogP contribution in [0.5, 0.6) is 0 Å². The molecule has 0 unspecified atom stereocenters. The number of hydrogen-bond acceptors (Lipinski definition) is 3. The summed E-state index contributed by atoms with van der Waals surface area (Å²) >= 11 is 0. The maximum atomic E-state index is 10.3. The molecule has 8 heavy (non-hydrogen) atoms. The van der Waals surface area contributed by atoms with E-state index in [1.54, 1.807) is 0 Å². The second-order valence-corrected chi connectivity index (χ2v) is 2.65. The summed E-state index contributed by atoms with van der Waals surface area (Å²) in [5, 5.41) is 0. The first-order valence-electron chi connectivity index (χ1n) is 2.05. The highest BCUT2D eigenvalue weighted by Crippen LogP contribution is 2.07. The van der Waals surface area contributed by atoms with Crippen LogP contribution in [0.3, 0.4) is 0 Å². The molecule has 0 radical (unpaired) electrons. The normalized spacial score (nSPS) is 20.8. The number of hydrogen-bond donors (Lipinski definition) is 0. The highest BCUT2D eigenvalue weighted by molar-refractivity contribution is 7.91. The molecule has 0 saturated carbocycles. The lowest BCUT2D eigenvalue weighted by Crippen LogP contribution is -1.60. The van der Waals surface area contributed by atoms with Crippen LogP contribution in [-0.2, 0) is 14.3 Å². The second-order valence-electron chi connectivity index (χ2n) is 1.06. The monoisotopic (exact) mass is 142 g/mol. The Morgan fingerprint density at radius 3 is 1.88 bits per heavy atom. The van der Waals surface area contributed by atoms with Crippen LogP contribution in [0, 0.1) is 0 Å². The zero-order valence-corrected chi connectivity index (χ0v) is 5.24. The minimum atomic E-state index is -2.92. The van der Waals surface area contributed by atoms with Crippen LogP contribution in [-0.4, -0.2) is 21.0 Å². The van der Waals surface area contributed by atoms with Gasteiger partial charge in [-0.1, -0.05) is 0 Å². The quantitative estimate of drug-likeness (QED) is 0.456. The highest BCUT2D eigenvalue weighted by atomic mass is 32.2. The van der Waals surface area contributed by atoms with Gasteiger partial charge in [-0.3, -0.25) is 4.39 Å². The molecule has 50 valence electrons. The van der Waals surface area contributed by atoms with E-state index in [1.165, 1.54) is 6.92 Å². The van der Waals surface area contributed by atoms with E-state index in [4.69, 9.17) is 0 Å². The van der Waals surface area contributed by atoms with E-state index < -0.39 is 10.1 Å². The molecule has 0 N–H and O–H groups in total. The van der Waals surface area contributed by atoms with Crippen molar-refractivity contribution in [3.8, 4) is 0 Å². The van der Waals surface area contributed by atoms with E-state index in [9.17, 15) is 12.8 Å². The summed E-state index contributed by atoms with van der Waals surface area (Å²) in [6, 6.07) is 0. The van der Waals surface area contributed by atoms with Crippen molar-refractivity contribution in [3.05, 3.63) is 0 Å². The van der Waals surface area contributed by atoms with Crippen molar-refractivity contribution in [2.45, 2.75) is 6.92 Å². The Hall–Kier alpha value is -0.160.